The number of pyridine rings is 1. The van der Waals surface area contributed by atoms with E-state index >= 15 is 0 Å². The van der Waals surface area contributed by atoms with Gasteiger partial charge in [-0.2, -0.15) is 17.9 Å². The Morgan fingerprint density at radius 2 is 1.74 bits per heavy atom. The summed E-state index contributed by atoms with van der Waals surface area (Å²) in [7, 11) is -3.37. The summed E-state index contributed by atoms with van der Waals surface area (Å²) in [5, 5.41) is 11.3. The number of aromatic carboxylic acids is 1. The molecule has 0 unspecified atom stereocenters. The quantitative estimate of drug-likeness (QED) is 0.356. The van der Waals surface area contributed by atoms with Crippen LogP contribution in [0.4, 0.5) is 18.9 Å². The number of carbonyl (C=O) groups is 1. The maximum absolute atomic E-state index is 13.7. The van der Waals surface area contributed by atoms with Crippen LogP contribution in [0.5, 0.6) is 6.01 Å². The van der Waals surface area contributed by atoms with Gasteiger partial charge >= 0.3 is 12.0 Å². The smallest absolute Gasteiger partial charge is 0.356 e. The second-order valence-electron chi connectivity index (χ2n) is 6.19. The lowest BCUT2D eigenvalue weighted by Crippen LogP contribution is -2.16. The summed E-state index contributed by atoms with van der Waals surface area (Å²) in [4.78, 5) is 20.9. The predicted molar refractivity (Wildman–Crippen MR) is 116 cm³/mol. The Morgan fingerprint density at radius 1 is 1.09 bits per heavy atom. The van der Waals surface area contributed by atoms with Crippen molar-refractivity contribution in [1.29, 1.82) is 0 Å². The second-order valence-corrected chi connectivity index (χ2v) is 8.56. The molecule has 0 amide bonds. The van der Waals surface area contributed by atoms with Gasteiger partial charge in [-0.05, 0) is 24.3 Å². The van der Waals surface area contributed by atoms with Gasteiger partial charge in [0.25, 0.3) is 15.2 Å². The number of anilines is 1. The number of halogens is 5. The first kappa shape index (κ1) is 25.9. The molecule has 0 bridgehead atoms. The number of nitrogens with one attached hydrogen (secondary N) is 1. The average molecular weight is 551 g/mol. The van der Waals surface area contributed by atoms with Crippen molar-refractivity contribution in [3.8, 4) is 6.01 Å². The molecule has 184 valence electrons. The Balaban J connectivity index is 0.000000261. The molecule has 35 heavy (non-hydrogen) atoms. The van der Waals surface area contributed by atoms with Crippen LogP contribution < -0.4 is 9.46 Å². The molecule has 2 N–H and O–H groups in total. The van der Waals surface area contributed by atoms with Gasteiger partial charge in [-0.15, -0.1) is 5.10 Å². The molecule has 0 saturated heterocycles. The largest absolute Gasteiger partial charge is 0.476 e. The van der Waals surface area contributed by atoms with Crippen LogP contribution in [-0.2, 0) is 10.0 Å². The molecule has 0 aliphatic carbocycles. The normalized spacial score (nSPS) is 11.0. The number of aromatic nitrogens is 5. The Labute approximate surface area is 204 Å². The number of ether oxygens (including phenoxy) is 1. The van der Waals surface area contributed by atoms with Gasteiger partial charge in [-0.25, -0.2) is 27.9 Å². The van der Waals surface area contributed by atoms with Crippen molar-refractivity contribution in [2.24, 2.45) is 0 Å². The Kier molecular flexibility index (Phi) is 7.62. The first-order chi connectivity index (χ1) is 16.4. The van der Waals surface area contributed by atoms with Crippen LogP contribution in [0, 0.1) is 17.5 Å². The van der Waals surface area contributed by atoms with Crippen molar-refractivity contribution in [2.75, 3.05) is 11.8 Å². The molecular weight excluding hydrogens is 540 g/mol. The summed E-state index contributed by atoms with van der Waals surface area (Å²) < 4.78 is 72.5. The summed E-state index contributed by atoms with van der Waals surface area (Å²) in [5.74, 6) is -4.40. The maximum Gasteiger partial charge on any atom is 0.356 e. The molecule has 0 fully saturated rings. The predicted octanol–water partition coefficient (Wildman–Crippen LogP) is 3.44. The van der Waals surface area contributed by atoms with E-state index in [9.17, 15) is 26.4 Å². The molecule has 0 spiro atoms. The SMILES string of the molecule is COc1ncc(F)c2nc(S(=O)(=O)Nc3c(F)cccc3F)nn12.O=C(O)c1nc(Cl)ccc1Cl. The molecule has 4 rings (SSSR count). The molecule has 0 saturated carbocycles. The van der Waals surface area contributed by atoms with Crippen LogP contribution in [-0.4, -0.2) is 51.2 Å². The molecule has 4 aromatic rings. The fourth-order valence-corrected chi connectivity index (χ4v) is 3.69. The Hall–Kier alpha value is -3.69. The lowest BCUT2D eigenvalue weighted by Gasteiger charge is -2.06. The van der Waals surface area contributed by atoms with E-state index in [1.165, 1.54) is 19.2 Å². The van der Waals surface area contributed by atoms with E-state index in [4.69, 9.17) is 33.0 Å². The average Bonchev–Trinajstić information content (AvgIpc) is 3.26. The lowest BCUT2D eigenvalue weighted by atomic mass is 10.3. The van der Waals surface area contributed by atoms with Gasteiger partial charge in [0.2, 0.25) is 0 Å². The monoisotopic (exact) mass is 550 g/mol. The second kappa shape index (κ2) is 10.3. The Morgan fingerprint density at radius 3 is 2.31 bits per heavy atom. The molecule has 0 atom stereocenters. The van der Waals surface area contributed by atoms with E-state index < -0.39 is 49.9 Å². The van der Waals surface area contributed by atoms with Gasteiger partial charge in [-0.1, -0.05) is 29.3 Å². The minimum Gasteiger partial charge on any atom is -0.476 e. The fourth-order valence-electron chi connectivity index (χ4n) is 2.40. The maximum atomic E-state index is 13.7. The standard InChI is InChI=1S/C12H8F3N5O3S.C6H3Cl2NO2/c1-23-12-16-5-8(15)10-17-11(18-20(10)12)24(21,22)19-9-6(13)3-2-4-7(9)14;7-3-1-2-4(8)9-5(3)6(10)11/h2-5,19H,1H3;1-2H,(H,10,11). The van der Waals surface area contributed by atoms with Crippen LogP contribution in [0.2, 0.25) is 10.2 Å². The zero-order chi connectivity index (χ0) is 25.9. The fraction of sp³-hybridized carbons (Fsp3) is 0.0556. The number of rotatable bonds is 5. The number of nitrogens with zero attached hydrogens (tertiary/aromatic N) is 5. The number of sulfonamides is 1. The number of methoxy groups -OCH3 is 1. The minimum absolute atomic E-state index is 0.0851. The summed E-state index contributed by atoms with van der Waals surface area (Å²) >= 11 is 10.9. The van der Waals surface area contributed by atoms with E-state index in [0.29, 0.717) is 4.52 Å². The van der Waals surface area contributed by atoms with Crippen LogP contribution in [0.3, 0.4) is 0 Å². The van der Waals surface area contributed by atoms with E-state index in [0.717, 1.165) is 24.4 Å². The van der Waals surface area contributed by atoms with Crippen molar-refractivity contribution in [3.05, 3.63) is 69.9 Å². The highest BCUT2D eigenvalue weighted by molar-refractivity contribution is 7.92. The van der Waals surface area contributed by atoms with E-state index in [1.54, 1.807) is 4.72 Å². The van der Waals surface area contributed by atoms with Gasteiger partial charge in [0.15, 0.2) is 17.2 Å². The van der Waals surface area contributed by atoms with E-state index in [-0.39, 0.29) is 21.9 Å². The van der Waals surface area contributed by atoms with Gasteiger partial charge in [0.05, 0.1) is 18.3 Å². The highest BCUT2D eigenvalue weighted by Gasteiger charge is 2.26. The van der Waals surface area contributed by atoms with Crippen molar-refractivity contribution < 1.29 is 36.2 Å². The number of hydrogen-bond acceptors (Lipinski definition) is 8. The van der Waals surface area contributed by atoms with Gasteiger partial charge in [0, 0.05) is 0 Å². The molecule has 0 aliphatic heterocycles. The third-order valence-electron chi connectivity index (χ3n) is 3.91. The Bertz CT molecular complexity index is 1520. The summed E-state index contributed by atoms with van der Waals surface area (Å²) in [6.07, 6.45) is 0.767. The van der Waals surface area contributed by atoms with Crippen molar-refractivity contribution in [3.63, 3.8) is 0 Å². The van der Waals surface area contributed by atoms with Crippen LogP contribution >= 0.6 is 23.2 Å². The number of hydrogen-bond donors (Lipinski definition) is 2. The summed E-state index contributed by atoms with van der Waals surface area (Å²) in [5.41, 5.74) is -1.60. The van der Waals surface area contributed by atoms with Crippen molar-refractivity contribution >= 4 is 50.5 Å². The lowest BCUT2D eigenvalue weighted by molar-refractivity contribution is 0.0690. The zero-order valence-corrected chi connectivity index (χ0v) is 19.4. The van der Waals surface area contributed by atoms with Gasteiger partial charge in [0.1, 0.15) is 22.5 Å². The van der Waals surface area contributed by atoms with Crippen LogP contribution in [0.1, 0.15) is 10.5 Å². The number of carboxylic acids is 1. The van der Waals surface area contributed by atoms with Gasteiger partial charge in [-0.3, -0.25) is 4.72 Å². The highest BCUT2D eigenvalue weighted by atomic mass is 35.5. The highest BCUT2D eigenvalue weighted by Crippen LogP contribution is 2.22. The minimum atomic E-state index is -4.58. The molecule has 17 heteroatoms. The zero-order valence-electron chi connectivity index (χ0n) is 17.1. The number of benzene rings is 1. The third kappa shape index (κ3) is 5.70. The van der Waals surface area contributed by atoms with Crippen LogP contribution in [0.15, 0.2) is 41.7 Å². The summed E-state index contributed by atoms with van der Waals surface area (Å²) in [6, 6.07) is 5.39. The van der Waals surface area contributed by atoms with Crippen molar-refractivity contribution in [2.45, 2.75) is 5.16 Å². The molecule has 3 heterocycles. The van der Waals surface area contributed by atoms with Crippen molar-refractivity contribution in [1.82, 2.24) is 24.6 Å². The van der Waals surface area contributed by atoms with E-state index in [1.807, 2.05) is 0 Å². The molecule has 11 nitrogen and oxygen atoms in total. The first-order valence-electron chi connectivity index (χ1n) is 8.92. The molecule has 1 aromatic carbocycles. The summed E-state index contributed by atoms with van der Waals surface area (Å²) in [6.45, 7) is 0. The molecule has 0 radical (unpaired) electrons. The van der Waals surface area contributed by atoms with Gasteiger partial charge < -0.3 is 9.84 Å². The van der Waals surface area contributed by atoms with E-state index in [2.05, 4.69) is 20.1 Å². The van der Waals surface area contributed by atoms with Crippen LogP contribution in [0.25, 0.3) is 5.65 Å². The topological polar surface area (TPSA) is 149 Å². The number of para-hydroxylation sites is 1. The molecule has 0 aliphatic rings. The molecular formula is C18H11Cl2F3N6O5S. The molecule has 3 aromatic heterocycles. The number of carboxylic acid groups (broad SMARTS) is 1. The first-order valence-corrected chi connectivity index (χ1v) is 11.2. The third-order valence-corrected chi connectivity index (χ3v) is 5.55. The number of fused-ring (bicyclic) bond motifs is 1.